The van der Waals surface area contributed by atoms with Crippen LogP contribution >= 0.6 is 0 Å². The molecule has 1 aliphatic carbocycles. The van der Waals surface area contributed by atoms with E-state index >= 15 is 0 Å². The Morgan fingerprint density at radius 3 is 2.39 bits per heavy atom. The largest absolute Gasteiger partial charge is 0.383 e. The van der Waals surface area contributed by atoms with Gasteiger partial charge in [-0.2, -0.15) is 0 Å². The van der Waals surface area contributed by atoms with E-state index in [0.717, 1.165) is 18.8 Å². The summed E-state index contributed by atoms with van der Waals surface area (Å²) in [6.45, 7) is 4.95. The first-order chi connectivity index (χ1) is 8.60. The molecule has 0 aromatic heterocycles. The Labute approximate surface area is 111 Å². The number of carbonyl (C=O) groups excluding carboxylic acids is 1. The quantitative estimate of drug-likeness (QED) is 0.580. The van der Waals surface area contributed by atoms with Gasteiger partial charge in [0, 0.05) is 13.5 Å². The summed E-state index contributed by atoms with van der Waals surface area (Å²) >= 11 is 0. The molecular weight excluding hydrogens is 224 g/mol. The Balaban J connectivity index is 2.31. The van der Waals surface area contributed by atoms with Crippen molar-refractivity contribution >= 4 is 5.78 Å². The van der Waals surface area contributed by atoms with Crippen LogP contribution in [0.2, 0.25) is 0 Å². The third-order valence-corrected chi connectivity index (χ3v) is 3.49. The van der Waals surface area contributed by atoms with Crippen LogP contribution in [0.25, 0.3) is 0 Å². The molecule has 2 heteroatoms. The van der Waals surface area contributed by atoms with E-state index in [2.05, 4.69) is 13.8 Å². The van der Waals surface area contributed by atoms with Crippen LogP contribution in [-0.2, 0) is 9.53 Å². The maximum atomic E-state index is 12.3. The molecule has 0 aliphatic heterocycles. The molecule has 1 rings (SSSR count). The second-order valence-electron chi connectivity index (χ2n) is 5.61. The summed E-state index contributed by atoms with van der Waals surface area (Å²) in [6, 6.07) is 0. The molecule has 0 heterocycles. The third-order valence-electron chi connectivity index (χ3n) is 3.49. The van der Waals surface area contributed by atoms with Gasteiger partial charge in [0.2, 0.25) is 0 Å². The minimum atomic E-state index is -0.479. The van der Waals surface area contributed by atoms with E-state index in [1.54, 1.807) is 7.11 Å². The molecule has 0 saturated heterocycles. The predicted octanol–water partition coefficient (Wildman–Crippen LogP) is 3.92. The summed E-state index contributed by atoms with van der Waals surface area (Å²) in [5, 5.41) is 0. The van der Waals surface area contributed by atoms with Gasteiger partial charge in [-0.1, -0.05) is 57.4 Å². The van der Waals surface area contributed by atoms with E-state index < -0.39 is 5.41 Å². The number of ether oxygens (including phenoxy) is 1. The molecule has 0 spiro atoms. The number of carbonyl (C=O) groups is 1. The lowest BCUT2D eigenvalue weighted by atomic mass is 9.83. The average molecular weight is 250 g/mol. The molecule has 0 atom stereocenters. The highest BCUT2D eigenvalue weighted by Crippen LogP contribution is 2.29. The molecule has 0 aromatic rings. The van der Waals surface area contributed by atoms with Crippen LogP contribution in [-0.4, -0.2) is 19.5 Å². The van der Waals surface area contributed by atoms with Gasteiger partial charge in [0.1, 0.15) is 5.78 Å². The Hall–Kier alpha value is -0.890. The van der Waals surface area contributed by atoms with Crippen molar-refractivity contribution in [3.63, 3.8) is 0 Å². The van der Waals surface area contributed by atoms with E-state index in [1.165, 1.54) is 12.8 Å². The van der Waals surface area contributed by atoms with Crippen LogP contribution in [0.1, 0.15) is 46.0 Å². The molecule has 0 radical (unpaired) electrons. The molecule has 0 bridgehead atoms. The number of allylic oxidation sites excluding steroid dienone is 2. The van der Waals surface area contributed by atoms with E-state index in [4.69, 9.17) is 4.74 Å². The monoisotopic (exact) mass is 250 g/mol. The minimum Gasteiger partial charge on any atom is -0.383 e. The molecule has 0 fully saturated rings. The summed E-state index contributed by atoms with van der Waals surface area (Å²) < 4.78 is 5.19. The van der Waals surface area contributed by atoms with Gasteiger partial charge >= 0.3 is 0 Å². The van der Waals surface area contributed by atoms with E-state index in [9.17, 15) is 4.79 Å². The molecule has 0 saturated carbocycles. The van der Waals surface area contributed by atoms with Crippen molar-refractivity contribution in [1.82, 2.24) is 0 Å². The van der Waals surface area contributed by atoms with Crippen LogP contribution in [0.3, 0.4) is 0 Å². The van der Waals surface area contributed by atoms with Gasteiger partial charge in [0.25, 0.3) is 0 Å². The fourth-order valence-electron chi connectivity index (χ4n) is 2.36. The summed E-state index contributed by atoms with van der Waals surface area (Å²) in [5.41, 5.74) is -0.479. The van der Waals surface area contributed by atoms with Crippen molar-refractivity contribution in [1.29, 1.82) is 0 Å². The van der Waals surface area contributed by atoms with Crippen molar-refractivity contribution in [2.45, 2.75) is 46.0 Å². The summed E-state index contributed by atoms with van der Waals surface area (Å²) in [5.74, 6) is 1.06. The number of ketones is 1. The molecule has 0 amide bonds. The van der Waals surface area contributed by atoms with Crippen molar-refractivity contribution in [3.05, 3.63) is 24.3 Å². The number of hydrogen-bond donors (Lipinski definition) is 0. The Morgan fingerprint density at radius 2 is 1.83 bits per heavy atom. The highest BCUT2D eigenvalue weighted by atomic mass is 16.5. The molecule has 102 valence electrons. The predicted molar refractivity (Wildman–Crippen MR) is 75.5 cm³/mol. The molecule has 2 nitrogen and oxygen atoms in total. The lowest BCUT2D eigenvalue weighted by Gasteiger charge is -2.22. The molecular formula is C16H26O2. The van der Waals surface area contributed by atoms with E-state index in [1.807, 2.05) is 24.3 Å². The zero-order valence-electron chi connectivity index (χ0n) is 11.9. The topological polar surface area (TPSA) is 26.3 Å². The van der Waals surface area contributed by atoms with Crippen molar-refractivity contribution < 1.29 is 9.53 Å². The average Bonchev–Trinajstić information content (AvgIpc) is 2.78. The number of Topliss-reactive ketones (excluding diaryl/α,β-unsaturated/α-hetero) is 1. The van der Waals surface area contributed by atoms with Crippen LogP contribution in [0.4, 0.5) is 0 Å². The molecule has 18 heavy (non-hydrogen) atoms. The van der Waals surface area contributed by atoms with Crippen LogP contribution in [0.5, 0.6) is 0 Å². The Bertz CT molecular complexity index is 301. The molecule has 1 aliphatic rings. The molecule has 0 N–H and O–H groups in total. The van der Waals surface area contributed by atoms with Crippen molar-refractivity contribution in [2.75, 3.05) is 13.7 Å². The first kappa shape index (κ1) is 15.2. The van der Waals surface area contributed by atoms with Crippen LogP contribution in [0.15, 0.2) is 24.3 Å². The van der Waals surface area contributed by atoms with Gasteiger partial charge in [0.05, 0.1) is 12.0 Å². The number of hydrogen-bond acceptors (Lipinski definition) is 2. The van der Waals surface area contributed by atoms with Gasteiger partial charge in [-0.05, 0) is 12.3 Å². The highest BCUT2D eigenvalue weighted by molar-refractivity contribution is 5.89. The lowest BCUT2D eigenvalue weighted by Crippen LogP contribution is -2.30. The van der Waals surface area contributed by atoms with Crippen molar-refractivity contribution in [2.24, 2.45) is 11.3 Å². The smallest absolute Gasteiger partial charge is 0.148 e. The first-order valence-corrected chi connectivity index (χ1v) is 7.00. The maximum Gasteiger partial charge on any atom is 0.148 e. The normalized spacial score (nSPS) is 16.7. The summed E-state index contributed by atoms with van der Waals surface area (Å²) in [6.07, 6.45) is 13.1. The van der Waals surface area contributed by atoms with Crippen molar-refractivity contribution in [3.8, 4) is 0 Å². The fourth-order valence-corrected chi connectivity index (χ4v) is 2.36. The third kappa shape index (κ3) is 4.41. The van der Waals surface area contributed by atoms with Crippen LogP contribution in [0, 0.1) is 11.3 Å². The Kier molecular flexibility index (Phi) is 6.34. The zero-order valence-corrected chi connectivity index (χ0v) is 11.9. The fraction of sp³-hybridized carbons (Fsp3) is 0.688. The summed E-state index contributed by atoms with van der Waals surface area (Å²) in [7, 11) is 1.65. The minimum absolute atomic E-state index is 0.291. The van der Waals surface area contributed by atoms with Gasteiger partial charge in [-0.15, -0.1) is 0 Å². The molecule has 0 unspecified atom stereocenters. The maximum absolute atomic E-state index is 12.3. The number of rotatable bonds is 9. The van der Waals surface area contributed by atoms with Gasteiger partial charge in [-0.25, -0.2) is 0 Å². The highest BCUT2D eigenvalue weighted by Gasteiger charge is 2.33. The lowest BCUT2D eigenvalue weighted by molar-refractivity contribution is -0.126. The SMILES string of the molecule is COCC1(C(=O)CCCCCC(C)C)C=CC=C1. The van der Waals surface area contributed by atoms with E-state index in [0.29, 0.717) is 18.8 Å². The zero-order chi connectivity index (χ0) is 13.4. The first-order valence-electron chi connectivity index (χ1n) is 7.00. The second-order valence-corrected chi connectivity index (χ2v) is 5.61. The molecule has 0 aromatic carbocycles. The van der Waals surface area contributed by atoms with Crippen LogP contribution < -0.4 is 0 Å². The number of unbranched alkanes of at least 4 members (excludes halogenated alkanes) is 2. The second kappa shape index (κ2) is 7.52. The number of methoxy groups -OCH3 is 1. The summed E-state index contributed by atoms with van der Waals surface area (Å²) in [4.78, 5) is 12.3. The Morgan fingerprint density at radius 1 is 1.17 bits per heavy atom. The van der Waals surface area contributed by atoms with Gasteiger partial charge in [0.15, 0.2) is 0 Å². The standard InChI is InChI=1S/C16H26O2/c1-14(2)9-5-4-6-10-15(17)16(13-18-3)11-7-8-12-16/h7-8,11-12,14H,4-6,9-10,13H2,1-3H3. The van der Waals surface area contributed by atoms with Gasteiger partial charge < -0.3 is 4.74 Å². The van der Waals surface area contributed by atoms with E-state index in [-0.39, 0.29) is 0 Å². The van der Waals surface area contributed by atoms with Gasteiger partial charge in [-0.3, -0.25) is 4.79 Å².